The Morgan fingerprint density at radius 2 is 2.11 bits per heavy atom. The molecule has 0 radical (unpaired) electrons. The molecule has 0 fully saturated rings. The van der Waals surface area contributed by atoms with Gasteiger partial charge in [-0.3, -0.25) is 0 Å². The zero-order valence-corrected chi connectivity index (χ0v) is 10.6. The standard InChI is InChI=1S/C12H13ClN2O3/c1-2-10-14-15-11(18-10)7-17-12-8(6-16)4-3-5-9(12)13/h3-5,16H,2,6-7H2,1H3. The number of rotatable bonds is 5. The molecule has 0 amide bonds. The van der Waals surface area contributed by atoms with E-state index in [9.17, 15) is 5.11 Å². The minimum absolute atomic E-state index is 0.129. The molecule has 1 N–H and O–H groups in total. The van der Waals surface area contributed by atoms with Crippen LogP contribution in [0.15, 0.2) is 22.6 Å². The van der Waals surface area contributed by atoms with Crippen molar-refractivity contribution < 1.29 is 14.3 Å². The van der Waals surface area contributed by atoms with Gasteiger partial charge in [0.1, 0.15) is 5.75 Å². The SMILES string of the molecule is CCc1nnc(COc2c(Cl)cccc2CO)o1. The van der Waals surface area contributed by atoms with Crippen LogP contribution in [0, 0.1) is 0 Å². The summed E-state index contributed by atoms with van der Waals surface area (Å²) in [6, 6.07) is 5.19. The largest absolute Gasteiger partial charge is 0.482 e. The van der Waals surface area contributed by atoms with Crippen LogP contribution in [0.5, 0.6) is 5.75 Å². The van der Waals surface area contributed by atoms with Crippen molar-refractivity contribution in [2.45, 2.75) is 26.6 Å². The summed E-state index contributed by atoms with van der Waals surface area (Å²) < 4.78 is 10.8. The molecule has 0 aliphatic heterocycles. The zero-order valence-electron chi connectivity index (χ0n) is 9.89. The van der Waals surface area contributed by atoms with Crippen LogP contribution < -0.4 is 4.74 Å². The highest BCUT2D eigenvalue weighted by Gasteiger charge is 2.10. The first-order chi connectivity index (χ1) is 8.74. The van der Waals surface area contributed by atoms with Crippen molar-refractivity contribution in [2.75, 3.05) is 0 Å². The van der Waals surface area contributed by atoms with Crippen LogP contribution in [-0.4, -0.2) is 15.3 Å². The van der Waals surface area contributed by atoms with Crippen LogP contribution in [-0.2, 0) is 19.6 Å². The third kappa shape index (κ3) is 2.80. The van der Waals surface area contributed by atoms with Gasteiger partial charge in [0.05, 0.1) is 11.6 Å². The summed E-state index contributed by atoms with van der Waals surface area (Å²) >= 11 is 6.00. The van der Waals surface area contributed by atoms with E-state index in [2.05, 4.69) is 10.2 Å². The van der Waals surface area contributed by atoms with Crippen LogP contribution in [0.3, 0.4) is 0 Å². The smallest absolute Gasteiger partial charge is 0.253 e. The van der Waals surface area contributed by atoms with Gasteiger partial charge >= 0.3 is 0 Å². The van der Waals surface area contributed by atoms with Crippen molar-refractivity contribution in [1.29, 1.82) is 0 Å². The monoisotopic (exact) mass is 268 g/mol. The summed E-state index contributed by atoms with van der Waals surface area (Å²) in [4.78, 5) is 0. The van der Waals surface area contributed by atoms with Crippen LogP contribution in [0.25, 0.3) is 0 Å². The van der Waals surface area contributed by atoms with Crippen LogP contribution >= 0.6 is 11.6 Å². The van der Waals surface area contributed by atoms with Gasteiger partial charge in [0.25, 0.3) is 5.89 Å². The number of halogens is 1. The molecule has 1 aromatic carbocycles. The van der Waals surface area contributed by atoms with E-state index in [-0.39, 0.29) is 13.2 Å². The normalized spacial score (nSPS) is 10.6. The maximum Gasteiger partial charge on any atom is 0.253 e. The molecule has 96 valence electrons. The lowest BCUT2D eigenvalue weighted by Gasteiger charge is -2.09. The number of hydrogen-bond acceptors (Lipinski definition) is 5. The number of para-hydroxylation sites is 1. The van der Waals surface area contributed by atoms with E-state index in [1.165, 1.54) is 0 Å². The predicted molar refractivity (Wildman–Crippen MR) is 65.4 cm³/mol. The van der Waals surface area contributed by atoms with Gasteiger partial charge in [0.2, 0.25) is 5.89 Å². The molecular weight excluding hydrogens is 256 g/mol. The van der Waals surface area contributed by atoms with Crippen molar-refractivity contribution >= 4 is 11.6 Å². The summed E-state index contributed by atoms with van der Waals surface area (Å²) in [5.74, 6) is 1.39. The van der Waals surface area contributed by atoms with Gasteiger partial charge in [-0.1, -0.05) is 30.7 Å². The lowest BCUT2D eigenvalue weighted by Crippen LogP contribution is -1.99. The van der Waals surface area contributed by atoms with Gasteiger partial charge in [-0.25, -0.2) is 0 Å². The van der Waals surface area contributed by atoms with Crippen LogP contribution in [0.4, 0.5) is 0 Å². The number of nitrogens with zero attached hydrogens (tertiary/aromatic N) is 2. The first-order valence-corrected chi connectivity index (χ1v) is 5.94. The molecule has 0 aliphatic carbocycles. The van der Waals surface area contributed by atoms with Crippen LogP contribution in [0.1, 0.15) is 24.3 Å². The van der Waals surface area contributed by atoms with Crippen LogP contribution in [0.2, 0.25) is 5.02 Å². The molecule has 2 aromatic rings. The summed E-state index contributed by atoms with van der Waals surface area (Å²) in [6.45, 7) is 1.92. The van der Waals surface area contributed by atoms with Crippen molar-refractivity contribution in [1.82, 2.24) is 10.2 Å². The molecule has 1 aromatic heterocycles. The third-order valence-electron chi connectivity index (χ3n) is 2.37. The van der Waals surface area contributed by atoms with Crippen molar-refractivity contribution in [3.63, 3.8) is 0 Å². The molecule has 2 rings (SSSR count). The van der Waals surface area contributed by atoms with E-state index in [4.69, 9.17) is 20.8 Å². The molecule has 18 heavy (non-hydrogen) atoms. The fraction of sp³-hybridized carbons (Fsp3) is 0.333. The Morgan fingerprint density at radius 1 is 1.33 bits per heavy atom. The molecule has 1 heterocycles. The van der Waals surface area contributed by atoms with E-state index in [1.807, 2.05) is 6.92 Å². The minimum Gasteiger partial charge on any atom is -0.482 e. The lowest BCUT2D eigenvalue weighted by molar-refractivity contribution is 0.239. The Morgan fingerprint density at radius 3 is 2.78 bits per heavy atom. The van der Waals surface area contributed by atoms with Crippen molar-refractivity contribution in [3.8, 4) is 5.75 Å². The Labute approximate surface area is 109 Å². The zero-order chi connectivity index (χ0) is 13.0. The number of hydrogen-bond donors (Lipinski definition) is 1. The highest BCUT2D eigenvalue weighted by molar-refractivity contribution is 6.32. The fourth-order valence-corrected chi connectivity index (χ4v) is 1.71. The number of aliphatic hydroxyl groups is 1. The van der Waals surface area contributed by atoms with Gasteiger partial charge in [0.15, 0.2) is 6.61 Å². The average Bonchev–Trinajstić information content (AvgIpc) is 2.85. The Balaban J connectivity index is 2.10. The molecule has 0 saturated carbocycles. The predicted octanol–water partition coefficient (Wildman–Crippen LogP) is 2.36. The molecule has 0 saturated heterocycles. The summed E-state index contributed by atoms with van der Waals surface area (Å²) in [5, 5.41) is 17.3. The number of aliphatic hydroxyl groups excluding tert-OH is 1. The summed E-state index contributed by atoms with van der Waals surface area (Å²) in [5.41, 5.74) is 0.623. The topological polar surface area (TPSA) is 68.4 Å². The number of benzene rings is 1. The second kappa shape index (κ2) is 5.84. The number of ether oxygens (including phenoxy) is 1. The third-order valence-corrected chi connectivity index (χ3v) is 2.67. The van der Waals surface area contributed by atoms with Crippen molar-refractivity contribution in [3.05, 3.63) is 40.6 Å². The van der Waals surface area contributed by atoms with Gasteiger partial charge < -0.3 is 14.3 Å². The van der Waals surface area contributed by atoms with Crippen molar-refractivity contribution in [2.24, 2.45) is 0 Å². The van der Waals surface area contributed by atoms with E-state index in [0.29, 0.717) is 34.5 Å². The average molecular weight is 269 g/mol. The van der Waals surface area contributed by atoms with E-state index in [0.717, 1.165) is 0 Å². The first kappa shape index (κ1) is 12.9. The summed E-state index contributed by atoms with van der Waals surface area (Å²) in [6.07, 6.45) is 0.682. The molecule has 0 atom stereocenters. The van der Waals surface area contributed by atoms with Gasteiger partial charge in [-0.2, -0.15) is 0 Å². The Bertz CT molecular complexity index is 528. The second-order valence-electron chi connectivity index (χ2n) is 3.62. The lowest BCUT2D eigenvalue weighted by atomic mass is 10.2. The molecule has 5 nitrogen and oxygen atoms in total. The molecular formula is C12H13ClN2O3. The minimum atomic E-state index is -0.139. The fourth-order valence-electron chi connectivity index (χ4n) is 1.46. The second-order valence-corrected chi connectivity index (χ2v) is 4.03. The van der Waals surface area contributed by atoms with E-state index >= 15 is 0 Å². The first-order valence-electron chi connectivity index (χ1n) is 5.57. The highest BCUT2D eigenvalue weighted by Crippen LogP contribution is 2.29. The molecule has 0 unspecified atom stereocenters. The van der Waals surface area contributed by atoms with E-state index < -0.39 is 0 Å². The van der Waals surface area contributed by atoms with Gasteiger partial charge in [-0.15, -0.1) is 10.2 Å². The highest BCUT2D eigenvalue weighted by atomic mass is 35.5. The molecule has 0 spiro atoms. The molecule has 0 aliphatic rings. The maximum atomic E-state index is 9.19. The molecule has 0 bridgehead atoms. The van der Waals surface area contributed by atoms with Gasteiger partial charge in [-0.05, 0) is 6.07 Å². The molecule has 6 heteroatoms. The Hall–Kier alpha value is -1.59. The maximum absolute atomic E-state index is 9.19. The Kier molecular flexibility index (Phi) is 4.17. The number of aromatic nitrogens is 2. The summed E-state index contributed by atoms with van der Waals surface area (Å²) in [7, 11) is 0. The number of aryl methyl sites for hydroxylation is 1. The van der Waals surface area contributed by atoms with E-state index in [1.54, 1.807) is 18.2 Å². The quantitative estimate of drug-likeness (QED) is 0.901. The van der Waals surface area contributed by atoms with Gasteiger partial charge in [0, 0.05) is 12.0 Å².